The highest BCUT2D eigenvalue weighted by molar-refractivity contribution is 7.90. The van der Waals surface area contributed by atoms with Gasteiger partial charge in [-0.05, 0) is 45.7 Å². The Hall–Kier alpha value is -2.09. The van der Waals surface area contributed by atoms with Crippen molar-refractivity contribution >= 4 is 22.0 Å². The second-order valence-electron chi connectivity index (χ2n) is 7.32. The van der Waals surface area contributed by atoms with E-state index in [4.69, 9.17) is 4.74 Å². The van der Waals surface area contributed by atoms with Crippen molar-refractivity contribution in [3.63, 3.8) is 0 Å². The fraction of sp³-hybridized carbons (Fsp3) is 0.529. The van der Waals surface area contributed by atoms with Gasteiger partial charge < -0.3 is 15.0 Å². The van der Waals surface area contributed by atoms with Crippen LogP contribution in [-0.2, 0) is 14.8 Å². The molecule has 3 rings (SSSR count). The van der Waals surface area contributed by atoms with Gasteiger partial charge in [0, 0.05) is 24.7 Å². The number of likely N-dealkylation sites (tertiary alicyclic amines) is 1. The number of carbonyl (C=O) groups excluding carboxylic acids is 1. The summed E-state index contributed by atoms with van der Waals surface area (Å²) in [5.41, 5.74) is 0.0708. The van der Waals surface area contributed by atoms with Gasteiger partial charge in [-0.15, -0.1) is 4.40 Å². The number of amidine groups is 1. The lowest BCUT2D eigenvalue weighted by atomic mass is 10.0. The highest BCUT2D eigenvalue weighted by Crippen LogP contribution is 2.28. The zero-order valence-corrected chi connectivity index (χ0v) is 15.5. The summed E-state index contributed by atoms with van der Waals surface area (Å²) in [5.74, 6) is 0.464. The summed E-state index contributed by atoms with van der Waals surface area (Å²) in [7, 11) is -3.63. The molecule has 0 bridgehead atoms. The summed E-state index contributed by atoms with van der Waals surface area (Å²) < 4.78 is 33.7. The second-order valence-corrected chi connectivity index (χ2v) is 8.89. The molecule has 136 valence electrons. The Morgan fingerprint density at radius 1 is 1.32 bits per heavy atom. The molecular weight excluding hydrogens is 342 g/mol. The van der Waals surface area contributed by atoms with Crippen LogP contribution in [0.3, 0.4) is 0 Å². The Kier molecular flexibility index (Phi) is 4.49. The minimum Gasteiger partial charge on any atom is -0.444 e. The van der Waals surface area contributed by atoms with Gasteiger partial charge >= 0.3 is 6.09 Å². The van der Waals surface area contributed by atoms with E-state index in [-0.39, 0.29) is 10.9 Å². The number of piperidine rings is 1. The number of nitrogens with one attached hydrogen (secondary N) is 1. The molecule has 8 heteroatoms. The highest BCUT2D eigenvalue weighted by atomic mass is 32.2. The predicted octanol–water partition coefficient (Wildman–Crippen LogP) is 2.12. The first kappa shape index (κ1) is 17.7. The van der Waals surface area contributed by atoms with Crippen LogP contribution in [0.1, 0.15) is 39.2 Å². The Morgan fingerprint density at radius 2 is 2.04 bits per heavy atom. The van der Waals surface area contributed by atoms with Crippen LogP contribution in [0.25, 0.3) is 0 Å². The zero-order chi connectivity index (χ0) is 18.2. The van der Waals surface area contributed by atoms with E-state index in [9.17, 15) is 13.2 Å². The highest BCUT2D eigenvalue weighted by Gasteiger charge is 2.34. The molecule has 1 fully saturated rings. The molecule has 2 aliphatic heterocycles. The van der Waals surface area contributed by atoms with E-state index >= 15 is 0 Å². The lowest BCUT2D eigenvalue weighted by molar-refractivity contribution is 0.0486. The van der Waals surface area contributed by atoms with Gasteiger partial charge in [0.2, 0.25) is 0 Å². The second kappa shape index (κ2) is 6.33. The number of fused-ring (bicyclic) bond motifs is 1. The van der Waals surface area contributed by atoms with Crippen molar-refractivity contribution in [1.29, 1.82) is 0 Å². The summed E-state index contributed by atoms with van der Waals surface area (Å²) in [6.07, 6.45) is 1.19. The lowest BCUT2D eigenvalue weighted by Gasteiger charge is -2.34. The number of rotatable bonds is 1. The van der Waals surface area contributed by atoms with Crippen molar-refractivity contribution in [2.24, 2.45) is 4.40 Å². The number of benzene rings is 1. The molecule has 1 saturated heterocycles. The number of sulfonamides is 1. The van der Waals surface area contributed by atoms with E-state index in [0.717, 1.165) is 12.8 Å². The molecule has 7 nitrogen and oxygen atoms in total. The Balaban J connectivity index is 1.74. The number of ether oxygens (including phenoxy) is 1. The minimum absolute atomic E-state index is 0.109. The van der Waals surface area contributed by atoms with E-state index < -0.39 is 21.7 Å². The third kappa shape index (κ3) is 3.95. The summed E-state index contributed by atoms with van der Waals surface area (Å²) in [6, 6.07) is 6.72. The molecule has 2 aliphatic rings. The summed E-state index contributed by atoms with van der Waals surface area (Å²) in [6.45, 7) is 6.65. The van der Waals surface area contributed by atoms with Crippen molar-refractivity contribution < 1.29 is 17.9 Å². The molecule has 0 spiro atoms. The van der Waals surface area contributed by atoms with E-state index in [2.05, 4.69) is 9.71 Å². The molecule has 1 aromatic rings. The van der Waals surface area contributed by atoms with Crippen molar-refractivity contribution in [2.75, 3.05) is 13.1 Å². The molecule has 2 heterocycles. The van der Waals surface area contributed by atoms with Crippen LogP contribution < -0.4 is 5.32 Å². The van der Waals surface area contributed by atoms with Gasteiger partial charge in [0.1, 0.15) is 10.5 Å². The quantitative estimate of drug-likeness (QED) is 0.824. The summed E-state index contributed by atoms with van der Waals surface area (Å²) >= 11 is 0. The number of nitrogens with zero attached hydrogens (tertiary/aromatic N) is 2. The van der Waals surface area contributed by atoms with E-state index in [0.29, 0.717) is 24.5 Å². The molecule has 1 aromatic carbocycles. The largest absolute Gasteiger partial charge is 0.444 e. The van der Waals surface area contributed by atoms with E-state index in [1.807, 2.05) is 25.7 Å². The molecule has 0 aromatic heterocycles. The van der Waals surface area contributed by atoms with Gasteiger partial charge in [0.05, 0.1) is 0 Å². The molecule has 1 N–H and O–H groups in total. The number of amides is 1. The lowest BCUT2D eigenvalue weighted by Crippen LogP contribution is -2.50. The van der Waals surface area contributed by atoms with Crippen LogP contribution in [0.15, 0.2) is 33.6 Å². The first-order valence-electron chi connectivity index (χ1n) is 8.34. The van der Waals surface area contributed by atoms with E-state index in [1.165, 1.54) is 0 Å². The molecule has 25 heavy (non-hydrogen) atoms. The van der Waals surface area contributed by atoms with Crippen LogP contribution in [0, 0.1) is 0 Å². The topological polar surface area (TPSA) is 88.1 Å². The van der Waals surface area contributed by atoms with Crippen LogP contribution >= 0.6 is 0 Å². The molecule has 0 aliphatic carbocycles. The monoisotopic (exact) mass is 365 g/mol. The third-order valence-electron chi connectivity index (χ3n) is 4.05. The molecule has 1 atom stereocenters. The smallest absolute Gasteiger partial charge is 0.407 e. The van der Waals surface area contributed by atoms with Crippen LogP contribution in [0.2, 0.25) is 0 Å². The molecule has 0 saturated carbocycles. The number of hydrogen-bond donors (Lipinski definition) is 1. The zero-order valence-electron chi connectivity index (χ0n) is 14.7. The number of carbonyl (C=O) groups is 1. The van der Waals surface area contributed by atoms with Crippen molar-refractivity contribution in [2.45, 2.75) is 50.2 Å². The van der Waals surface area contributed by atoms with Crippen molar-refractivity contribution in [3.8, 4) is 0 Å². The van der Waals surface area contributed by atoms with Gasteiger partial charge in [-0.1, -0.05) is 12.1 Å². The van der Waals surface area contributed by atoms with Crippen molar-refractivity contribution in [1.82, 2.24) is 10.2 Å². The predicted molar refractivity (Wildman–Crippen MR) is 94.1 cm³/mol. The number of alkyl carbamates (subject to hydrolysis) is 1. The van der Waals surface area contributed by atoms with E-state index in [1.54, 1.807) is 24.3 Å². The Morgan fingerprint density at radius 3 is 2.76 bits per heavy atom. The fourth-order valence-electron chi connectivity index (χ4n) is 3.08. The van der Waals surface area contributed by atoms with Crippen LogP contribution in [-0.4, -0.2) is 50.0 Å². The Bertz CT molecular complexity index is 811. The van der Waals surface area contributed by atoms with Gasteiger partial charge in [-0.25, -0.2) is 4.79 Å². The maximum absolute atomic E-state index is 12.2. The van der Waals surface area contributed by atoms with Crippen LogP contribution in [0.5, 0.6) is 0 Å². The first-order chi connectivity index (χ1) is 11.7. The number of hydrogen-bond acceptors (Lipinski definition) is 5. The average molecular weight is 365 g/mol. The first-order valence-corrected chi connectivity index (χ1v) is 9.78. The van der Waals surface area contributed by atoms with Gasteiger partial charge in [-0.2, -0.15) is 8.42 Å². The normalized spacial score (nSPS) is 22.1. The summed E-state index contributed by atoms with van der Waals surface area (Å²) in [4.78, 5) is 14.1. The van der Waals surface area contributed by atoms with Crippen molar-refractivity contribution in [3.05, 3.63) is 29.8 Å². The van der Waals surface area contributed by atoms with Gasteiger partial charge in [-0.3, -0.25) is 0 Å². The molecular formula is C17H23N3O4S. The SMILES string of the molecule is CC(C)(C)OC(=O)N[C@@H]1CCCN(C2=NS(=O)(=O)c3ccccc32)C1. The average Bonchev–Trinajstić information content (AvgIpc) is 2.78. The van der Waals surface area contributed by atoms with Gasteiger partial charge in [0.25, 0.3) is 10.0 Å². The Labute approximate surface area is 148 Å². The molecule has 0 radical (unpaired) electrons. The third-order valence-corrected chi connectivity index (χ3v) is 5.38. The maximum Gasteiger partial charge on any atom is 0.407 e. The summed E-state index contributed by atoms with van der Waals surface area (Å²) in [5, 5.41) is 2.87. The molecule has 1 amide bonds. The molecule has 0 unspecified atom stereocenters. The van der Waals surface area contributed by atoms with Gasteiger partial charge in [0.15, 0.2) is 5.84 Å². The maximum atomic E-state index is 12.2. The minimum atomic E-state index is -3.63. The fourth-order valence-corrected chi connectivity index (χ4v) is 4.31. The standard InChI is InChI=1S/C17H23N3O4S/c1-17(2,3)24-16(21)18-12-7-6-10-20(11-12)15-13-8-4-5-9-14(13)25(22,23)19-15/h4-5,8-9,12H,6-7,10-11H2,1-3H3,(H,18,21)/t12-/m1/s1. The van der Waals surface area contributed by atoms with Crippen LogP contribution in [0.4, 0.5) is 4.79 Å².